The van der Waals surface area contributed by atoms with E-state index in [1.165, 1.54) is 17.0 Å². The Morgan fingerprint density at radius 2 is 2.00 bits per heavy atom. The molecule has 5 heteroatoms. The maximum atomic E-state index is 13.3. The van der Waals surface area contributed by atoms with E-state index in [1.807, 2.05) is 24.3 Å². The average molecular weight is 258 g/mol. The molecule has 1 aliphatic rings. The van der Waals surface area contributed by atoms with E-state index in [0.29, 0.717) is 12.2 Å². The topological polar surface area (TPSA) is 52.6 Å². The van der Waals surface area contributed by atoms with Crippen molar-refractivity contribution < 1.29 is 14.3 Å². The Balaban J connectivity index is 1.98. The van der Waals surface area contributed by atoms with Gasteiger partial charge in [0, 0.05) is 17.4 Å². The highest BCUT2D eigenvalue weighted by Gasteiger charge is 2.24. The summed E-state index contributed by atoms with van der Waals surface area (Å²) >= 11 is 0. The van der Waals surface area contributed by atoms with Crippen LogP contribution in [0.1, 0.15) is 5.56 Å². The van der Waals surface area contributed by atoms with Gasteiger partial charge in [-0.1, -0.05) is 18.2 Å². The summed E-state index contributed by atoms with van der Waals surface area (Å²) in [5, 5.41) is 11.9. The fraction of sp³-hybridized carbons (Fsp3) is 0.0714. The van der Waals surface area contributed by atoms with Crippen LogP contribution in [0.3, 0.4) is 0 Å². The minimum Gasteiger partial charge on any atom is -0.505 e. The van der Waals surface area contributed by atoms with Crippen molar-refractivity contribution in [3.8, 4) is 5.75 Å². The Hall–Kier alpha value is -2.56. The Bertz CT molecular complexity index is 658. The lowest BCUT2D eigenvalue weighted by Crippen LogP contribution is -2.38. The second-order valence-corrected chi connectivity index (χ2v) is 4.31. The smallest absolute Gasteiger partial charge is 0.326 e. The Labute approximate surface area is 109 Å². The van der Waals surface area contributed by atoms with Crippen molar-refractivity contribution >= 4 is 17.4 Å². The lowest BCUT2D eigenvalue weighted by molar-refractivity contribution is 0.256. The molecule has 4 nitrogen and oxygen atoms in total. The van der Waals surface area contributed by atoms with Gasteiger partial charge in [0.15, 0.2) is 11.6 Å². The molecule has 0 spiro atoms. The number of nitrogens with one attached hydrogen (secondary N) is 1. The normalized spacial score (nSPS) is 13.9. The summed E-state index contributed by atoms with van der Waals surface area (Å²) in [6, 6.07) is 11.0. The van der Waals surface area contributed by atoms with Crippen molar-refractivity contribution in [2.45, 2.75) is 6.54 Å². The number of anilines is 2. The number of rotatable bonds is 1. The number of hydrogen-bond acceptors (Lipinski definition) is 2. The maximum Gasteiger partial charge on any atom is 0.326 e. The predicted molar refractivity (Wildman–Crippen MR) is 69.7 cm³/mol. The molecule has 2 amide bonds. The third-order valence-corrected chi connectivity index (χ3v) is 3.08. The molecule has 0 unspecified atom stereocenters. The number of para-hydroxylation sites is 1. The molecule has 2 aromatic rings. The molecular weight excluding hydrogens is 247 g/mol. The largest absolute Gasteiger partial charge is 0.505 e. The van der Waals surface area contributed by atoms with E-state index in [-0.39, 0.29) is 6.03 Å². The highest BCUT2D eigenvalue weighted by Crippen LogP contribution is 2.29. The Morgan fingerprint density at radius 1 is 1.21 bits per heavy atom. The Morgan fingerprint density at radius 3 is 2.79 bits per heavy atom. The molecular formula is C14H11FN2O2. The number of fused-ring (bicyclic) bond motifs is 1. The quantitative estimate of drug-likeness (QED) is 0.825. The van der Waals surface area contributed by atoms with Gasteiger partial charge in [0.05, 0.1) is 6.54 Å². The second kappa shape index (κ2) is 4.28. The molecule has 3 rings (SSSR count). The number of halogens is 1. The number of nitrogens with zero attached hydrogens (tertiary/aromatic N) is 1. The van der Waals surface area contributed by atoms with E-state index in [4.69, 9.17) is 0 Å². The first-order valence-corrected chi connectivity index (χ1v) is 5.80. The van der Waals surface area contributed by atoms with Crippen LogP contribution in [0, 0.1) is 5.82 Å². The third-order valence-electron chi connectivity index (χ3n) is 3.08. The first-order valence-electron chi connectivity index (χ1n) is 5.80. The summed E-state index contributed by atoms with van der Waals surface area (Å²) in [5.74, 6) is -1.18. The summed E-state index contributed by atoms with van der Waals surface area (Å²) in [4.78, 5) is 13.4. The highest BCUT2D eigenvalue weighted by atomic mass is 19.1. The predicted octanol–water partition coefficient (Wildman–Crippen LogP) is 3.08. The monoisotopic (exact) mass is 258 g/mol. The van der Waals surface area contributed by atoms with Crippen molar-refractivity contribution in [3.63, 3.8) is 0 Å². The molecule has 0 bridgehead atoms. The van der Waals surface area contributed by atoms with Gasteiger partial charge in [0.1, 0.15) is 0 Å². The molecule has 0 saturated heterocycles. The number of phenolic OH excluding ortho intramolecular Hbond substituents is 1. The van der Waals surface area contributed by atoms with E-state index in [1.54, 1.807) is 0 Å². The zero-order chi connectivity index (χ0) is 13.4. The zero-order valence-electron chi connectivity index (χ0n) is 9.93. The Kier molecular flexibility index (Phi) is 2.59. The van der Waals surface area contributed by atoms with Crippen LogP contribution in [-0.2, 0) is 6.54 Å². The van der Waals surface area contributed by atoms with Gasteiger partial charge in [-0.2, -0.15) is 0 Å². The zero-order valence-corrected chi connectivity index (χ0v) is 9.93. The van der Waals surface area contributed by atoms with Gasteiger partial charge in [-0.15, -0.1) is 0 Å². The van der Waals surface area contributed by atoms with Gasteiger partial charge >= 0.3 is 6.03 Å². The van der Waals surface area contributed by atoms with Crippen LogP contribution in [0.2, 0.25) is 0 Å². The van der Waals surface area contributed by atoms with E-state index in [2.05, 4.69) is 5.32 Å². The van der Waals surface area contributed by atoms with E-state index in [0.717, 1.165) is 17.3 Å². The molecule has 19 heavy (non-hydrogen) atoms. The summed E-state index contributed by atoms with van der Waals surface area (Å²) in [7, 11) is 0. The van der Waals surface area contributed by atoms with Crippen LogP contribution >= 0.6 is 0 Å². The van der Waals surface area contributed by atoms with E-state index < -0.39 is 11.6 Å². The number of hydrogen-bond donors (Lipinski definition) is 2. The molecule has 2 aromatic carbocycles. The maximum absolute atomic E-state index is 13.3. The van der Waals surface area contributed by atoms with Crippen LogP contribution in [0.4, 0.5) is 20.6 Å². The molecule has 96 valence electrons. The fourth-order valence-electron chi connectivity index (χ4n) is 2.08. The third kappa shape index (κ3) is 1.99. The van der Waals surface area contributed by atoms with Crippen LogP contribution in [0.25, 0.3) is 0 Å². The SMILES string of the molecule is O=C1Nc2ccccc2CN1c1ccc(O)c(F)c1. The van der Waals surface area contributed by atoms with Gasteiger partial charge in [-0.05, 0) is 23.8 Å². The van der Waals surface area contributed by atoms with Crippen LogP contribution in [0.15, 0.2) is 42.5 Å². The van der Waals surface area contributed by atoms with Crippen molar-refractivity contribution in [1.29, 1.82) is 0 Å². The van der Waals surface area contributed by atoms with Gasteiger partial charge in [-0.25, -0.2) is 9.18 Å². The van der Waals surface area contributed by atoms with Gasteiger partial charge in [-0.3, -0.25) is 4.90 Å². The lowest BCUT2D eigenvalue weighted by Gasteiger charge is -2.29. The highest BCUT2D eigenvalue weighted by molar-refractivity contribution is 6.04. The average Bonchev–Trinajstić information content (AvgIpc) is 2.41. The molecule has 1 heterocycles. The number of amides is 2. The molecule has 1 aliphatic heterocycles. The molecule has 0 radical (unpaired) electrons. The van der Waals surface area contributed by atoms with Crippen molar-refractivity contribution in [3.05, 3.63) is 53.8 Å². The number of benzene rings is 2. The minimum absolute atomic E-state index is 0.316. The second-order valence-electron chi connectivity index (χ2n) is 4.31. The number of aromatic hydroxyl groups is 1. The standard InChI is InChI=1S/C14H11FN2O2/c15-11-7-10(5-6-13(11)18)17-8-9-3-1-2-4-12(9)16-14(17)19/h1-7,18H,8H2,(H,16,19). The first kappa shape index (κ1) is 11.5. The van der Waals surface area contributed by atoms with Crippen molar-refractivity contribution in [2.24, 2.45) is 0 Å². The minimum atomic E-state index is -0.746. The summed E-state index contributed by atoms with van der Waals surface area (Å²) in [5.41, 5.74) is 2.13. The first-order chi connectivity index (χ1) is 9.15. The molecule has 0 aliphatic carbocycles. The van der Waals surface area contributed by atoms with Crippen molar-refractivity contribution in [1.82, 2.24) is 0 Å². The van der Waals surface area contributed by atoms with Crippen LogP contribution in [0.5, 0.6) is 5.75 Å². The van der Waals surface area contributed by atoms with Gasteiger partial charge < -0.3 is 10.4 Å². The molecule has 2 N–H and O–H groups in total. The van der Waals surface area contributed by atoms with E-state index >= 15 is 0 Å². The van der Waals surface area contributed by atoms with Gasteiger partial charge in [0.25, 0.3) is 0 Å². The summed E-state index contributed by atoms with van der Waals surface area (Å²) in [6.07, 6.45) is 0. The number of urea groups is 1. The molecule has 0 fully saturated rings. The lowest BCUT2D eigenvalue weighted by atomic mass is 10.1. The summed E-state index contributed by atoms with van der Waals surface area (Å²) < 4.78 is 13.3. The molecule has 0 saturated carbocycles. The van der Waals surface area contributed by atoms with E-state index in [9.17, 15) is 14.3 Å². The molecule has 0 atom stereocenters. The van der Waals surface area contributed by atoms with Crippen LogP contribution in [-0.4, -0.2) is 11.1 Å². The fourth-order valence-corrected chi connectivity index (χ4v) is 2.08. The summed E-state index contributed by atoms with van der Waals surface area (Å²) in [6.45, 7) is 0.367. The number of carbonyl (C=O) groups excluding carboxylic acids is 1. The van der Waals surface area contributed by atoms with Gasteiger partial charge in [0.2, 0.25) is 0 Å². The van der Waals surface area contributed by atoms with Crippen molar-refractivity contribution in [2.75, 3.05) is 10.2 Å². The number of carbonyl (C=O) groups is 1. The number of phenols is 1. The molecule has 0 aromatic heterocycles. The van der Waals surface area contributed by atoms with Crippen LogP contribution < -0.4 is 10.2 Å².